The van der Waals surface area contributed by atoms with Crippen LogP contribution in [0.5, 0.6) is 17.4 Å². The highest BCUT2D eigenvalue weighted by Crippen LogP contribution is 2.48. The summed E-state index contributed by atoms with van der Waals surface area (Å²) in [5.74, 6) is 0.287. The van der Waals surface area contributed by atoms with Crippen LogP contribution < -0.4 is 9.47 Å². The molecule has 3 N–H and O–H groups in total. The zero-order valence-corrected chi connectivity index (χ0v) is 19.6. The summed E-state index contributed by atoms with van der Waals surface area (Å²) in [5, 5.41) is 21.4. The maximum Gasteiger partial charge on any atom is 0.202 e. The number of carbonyl (C=O) groups excluding carboxylic acids is 1. The number of rotatable bonds is 7. The van der Waals surface area contributed by atoms with Crippen molar-refractivity contribution < 1.29 is 24.5 Å². The number of benzene rings is 3. The lowest BCUT2D eigenvalue weighted by Crippen LogP contribution is -2.11. The number of fused-ring (bicyclic) bond motifs is 1. The lowest BCUT2D eigenvalue weighted by molar-refractivity contribution is 0.103. The topological polar surface area (TPSA) is 91.8 Å². The number of aromatic amines is 1. The van der Waals surface area contributed by atoms with Gasteiger partial charge in [0.2, 0.25) is 11.7 Å². The Balaban J connectivity index is 1.59. The molecule has 1 aromatic heterocycles. The van der Waals surface area contributed by atoms with Crippen molar-refractivity contribution in [2.24, 2.45) is 0 Å². The van der Waals surface area contributed by atoms with E-state index in [2.05, 4.69) is 4.98 Å². The molecule has 7 heteroatoms. The van der Waals surface area contributed by atoms with E-state index in [1.165, 1.54) is 14.2 Å². The Hall–Kier alpha value is -3.48. The Morgan fingerprint density at radius 3 is 2.41 bits per heavy atom. The summed E-state index contributed by atoms with van der Waals surface area (Å²) in [7, 11) is 3.01. The van der Waals surface area contributed by atoms with E-state index in [-0.39, 0.29) is 29.2 Å². The standard InChI is InChI=1S/C27H24ClNO5/c1-33-17-7-8-18(23(11-17)34-2)25(31)24-20-12-19(21(28)13-22(20)29-26(24)32)15-3-5-16(6-4-15)27(14-30)9-10-27/h3-8,11-13,29-30,32H,9-10,14H2,1-2H3. The molecule has 0 unspecified atom stereocenters. The number of aromatic nitrogens is 1. The summed E-state index contributed by atoms with van der Waals surface area (Å²) in [5.41, 5.74) is 3.61. The van der Waals surface area contributed by atoms with Gasteiger partial charge in [0, 0.05) is 22.4 Å². The number of nitrogens with one attached hydrogen (secondary N) is 1. The molecule has 1 aliphatic carbocycles. The van der Waals surface area contributed by atoms with Gasteiger partial charge in [-0.15, -0.1) is 0 Å². The number of ether oxygens (including phenoxy) is 2. The number of carbonyl (C=O) groups is 1. The van der Waals surface area contributed by atoms with E-state index in [0.29, 0.717) is 33.0 Å². The van der Waals surface area contributed by atoms with Crippen LogP contribution in [0.4, 0.5) is 0 Å². The van der Waals surface area contributed by atoms with Crippen molar-refractivity contribution in [2.75, 3.05) is 20.8 Å². The number of aliphatic hydroxyl groups is 1. The second kappa shape index (κ2) is 8.38. The monoisotopic (exact) mass is 477 g/mol. The molecule has 0 radical (unpaired) electrons. The van der Waals surface area contributed by atoms with Gasteiger partial charge in [-0.25, -0.2) is 0 Å². The Morgan fingerprint density at radius 1 is 1.06 bits per heavy atom. The van der Waals surface area contributed by atoms with Gasteiger partial charge in [-0.05, 0) is 48.2 Å². The Kier molecular flexibility index (Phi) is 5.50. The molecule has 0 amide bonds. The lowest BCUT2D eigenvalue weighted by atomic mass is 9.93. The van der Waals surface area contributed by atoms with Crippen LogP contribution >= 0.6 is 11.6 Å². The minimum Gasteiger partial charge on any atom is -0.497 e. The molecule has 0 spiro atoms. The number of methoxy groups -OCH3 is 2. The molecule has 174 valence electrons. The predicted molar refractivity (Wildman–Crippen MR) is 131 cm³/mol. The third-order valence-corrected chi connectivity index (χ3v) is 7.02. The van der Waals surface area contributed by atoms with Crippen LogP contribution in [0.1, 0.15) is 34.3 Å². The summed E-state index contributed by atoms with van der Waals surface area (Å²) in [6.45, 7) is 0.141. The number of hydrogen-bond donors (Lipinski definition) is 3. The van der Waals surface area contributed by atoms with Crippen LogP contribution in [0.3, 0.4) is 0 Å². The highest BCUT2D eigenvalue weighted by Gasteiger charge is 2.43. The molecule has 6 nitrogen and oxygen atoms in total. The molecular weight excluding hydrogens is 454 g/mol. The van der Waals surface area contributed by atoms with E-state index in [9.17, 15) is 15.0 Å². The first-order chi connectivity index (χ1) is 16.4. The van der Waals surface area contributed by atoms with Gasteiger partial charge in [0.05, 0.1) is 42.5 Å². The van der Waals surface area contributed by atoms with Gasteiger partial charge in [-0.1, -0.05) is 35.9 Å². The maximum atomic E-state index is 13.5. The van der Waals surface area contributed by atoms with Crippen LogP contribution in [0.2, 0.25) is 5.02 Å². The fourth-order valence-corrected chi connectivity index (χ4v) is 4.74. The zero-order valence-electron chi connectivity index (χ0n) is 18.8. The van der Waals surface area contributed by atoms with Crippen molar-refractivity contribution in [1.29, 1.82) is 0 Å². The maximum absolute atomic E-state index is 13.5. The number of aliphatic hydroxyl groups excluding tert-OH is 1. The van der Waals surface area contributed by atoms with Gasteiger partial charge < -0.3 is 24.7 Å². The average Bonchev–Trinajstić information content (AvgIpc) is 3.60. The van der Waals surface area contributed by atoms with Gasteiger partial charge in [0.1, 0.15) is 11.5 Å². The molecule has 1 saturated carbocycles. The van der Waals surface area contributed by atoms with Crippen LogP contribution in [0, 0.1) is 0 Å². The number of hydrogen-bond acceptors (Lipinski definition) is 5. The molecule has 1 heterocycles. The molecule has 34 heavy (non-hydrogen) atoms. The smallest absolute Gasteiger partial charge is 0.202 e. The molecule has 1 fully saturated rings. The SMILES string of the molecule is COc1ccc(C(=O)c2c(O)[nH]c3cc(Cl)c(-c4ccc(C5(CO)CC5)cc4)cc23)c(OC)c1. The van der Waals surface area contributed by atoms with Crippen LogP contribution in [-0.2, 0) is 5.41 Å². The first-order valence-corrected chi connectivity index (χ1v) is 11.3. The van der Waals surface area contributed by atoms with Crippen molar-refractivity contribution in [2.45, 2.75) is 18.3 Å². The van der Waals surface area contributed by atoms with Gasteiger partial charge in [-0.3, -0.25) is 4.79 Å². The fraction of sp³-hybridized carbons (Fsp3) is 0.222. The Labute approximate surface area is 201 Å². The molecule has 4 aromatic rings. The van der Waals surface area contributed by atoms with Gasteiger partial charge in [0.25, 0.3) is 0 Å². The number of halogens is 1. The molecule has 0 aliphatic heterocycles. The van der Waals surface area contributed by atoms with Crippen LogP contribution in [0.25, 0.3) is 22.0 Å². The van der Waals surface area contributed by atoms with E-state index in [4.69, 9.17) is 21.1 Å². The number of H-pyrrole nitrogens is 1. The van der Waals surface area contributed by atoms with E-state index in [1.807, 2.05) is 30.3 Å². The number of ketones is 1. The van der Waals surface area contributed by atoms with Gasteiger partial charge >= 0.3 is 0 Å². The van der Waals surface area contributed by atoms with Crippen molar-refractivity contribution >= 4 is 28.3 Å². The first-order valence-electron chi connectivity index (χ1n) is 10.9. The quantitative estimate of drug-likeness (QED) is 0.307. The van der Waals surface area contributed by atoms with Gasteiger partial charge in [0.15, 0.2) is 0 Å². The number of aromatic hydroxyl groups is 1. The molecular formula is C27H24ClNO5. The van der Waals surface area contributed by atoms with Crippen molar-refractivity contribution in [3.63, 3.8) is 0 Å². The highest BCUT2D eigenvalue weighted by molar-refractivity contribution is 6.34. The van der Waals surface area contributed by atoms with E-state index in [0.717, 1.165) is 29.5 Å². The molecule has 3 aromatic carbocycles. The third-order valence-electron chi connectivity index (χ3n) is 6.71. The summed E-state index contributed by atoms with van der Waals surface area (Å²) >= 11 is 6.59. The van der Waals surface area contributed by atoms with E-state index in [1.54, 1.807) is 24.3 Å². The summed E-state index contributed by atoms with van der Waals surface area (Å²) in [6.07, 6.45) is 1.97. The molecule has 0 atom stereocenters. The molecule has 0 saturated heterocycles. The minimum absolute atomic E-state index is 0.115. The third kappa shape index (κ3) is 3.59. The van der Waals surface area contributed by atoms with Crippen molar-refractivity contribution in [1.82, 2.24) is 4.98 Å². The van der Waals surface area contributed by atoms with E-state index >= 15 is 0 Å². The second-order valence-corrected chi connectivity index (χ2v) is 9.04. The van der Waals surface area contributed by atoms with Crippen molar-refractivity contribution in [3.05, 3.63) is 76.3 Å². The largest absolute Gasteiger partial charge is 0.497 e. The van der Waals surface area contributed by atoms with E-state index < -0.39 is 0 Å². The minimum atomic E-state index is -0.384. The first kappa shape index (κ1) is 22.3. The molecule has 0 bridgehead atoms. The molecule has 5 rings (SSSR count). The van der Waals surface area contributed by atoms with Crippen molar-refractivity contribution in [3.8, 4) is 28.5 Å². The predicted octanol–water partition coefficient (Wildman–Crippen LogP) is 5.47. The average molecular weight is 478 g/mol. The summed E-state index contributed by atoms with van der Waals surface area (Å²) in [4.78, 5) is 16.4. The Morgan fingerprint density at radius 2 is 1.79 bits per heavy atom. The zero-order chi connectivity index (χ0) is 24.0. The lowest BCUT2D eigenvalue weighted by Gasteiger charge is -2.13. The highest BCUT2D eigenvalue weighted by atomic mass is 35.5. The Bertz CT molecular complexity index is 1400. The van der Waals surface area contributed by atoms with Crippen LogP contribution in [0.15, 0.2) is 54.6 Å². The second-order valence-electron chi connectivity index (χ2n) is 8.64. The molecule has 1 aliphatic rings. The summed E-state index contributed by atoms with van der Waals surface area (Å²) < 4.78 is 10.6. The van der Waals surface area contributed by atoms with Gasteiger partial charge in [-0.2, -0.15) is 0 Å². The van der Waals surface area contributed by atoms with Crippen LogP contribution in [-0.4, -0.2) is 41.8 Å². The fourth-order valence-electron chi connectivity index (χ4n) is 4.47. The normalized spacial score (nSPS) is 14.2. The summed E-state index contributed by atoms with van der Waals surface area (Å²) in [6, 6.07) is 16.4.